The highest BCUT2D eigenvalue weighted by molar-refractivity contribution is 5.27. The Morgan fingerprint density at radius 2 is 1.05 bits per heavy atom. The number of aromatic hydroxyl groups is 1. The molecule has 0 aromatic heterocycles. The first-order valence-corrected chi connectivity index (χ1v) is 7.88. The smallest absolute Gasteiger partial charge is 0.115 e. The van der Waals surface area contributed by atoms with Crippen molar-refractivity contribution in [3.8, 4) is 5.75 Å². The van der Waals surface area contributed by atoms with Crippen LogP contribution in [0.5, 0.6) is 5.75 Å². The van der Waals surface area contributed by atoms with Gasteiger partial charge in [0.2, 0.25) is 0 Å². The van der Waals surface area contributed by atoms with Gasteiger partial charge in [-0.25, -0.2) is 0 Å². The molecule has 2 rings (SSSR count). The van der Waals surface area contributed by atoms with Crippen molar-refractivity contribution in [1.29, 1.82) is 0 Å². The van der Waals surface area contributed by atoms with Gasteiger partial charge in [-0.2, -0.15) is 0 Å². The fraction of sp³-hybridized carbons (Fsp3) is 0.400. The van der Waals surface area contributed by atoms with Crippen LogP contribution in [0.1, 0.15) is 37.5 Å². The van der Waals surface area contributed by atoms with E-state index in [1.54, 1.807) is 12.1 Å². The molecular formula is C20H26O. The molecule has 0 saturated heterocycles. The predicted molar refractivity (Wildman–Crippen MR) is 89.7 cm³/mol. The molecule has 1 atom stereocenters. The van der Waals surface area contributed by atoms with Crippen LogP contribution in [0.15, 0.2) is 48.5 Å². The second kappa shape index (κ2) is 7.31. The van der Waals surface area contributed by atoms with Crippen molar-refractivity contribution in [2.24, 2.45) is 11.8 Å². The largest absolute Gasteiger partial charge is 0.508 e. The molecule has 0 radical (unpaired) electrons. The minimum absolute atomic E-state index is 0.340. The van der Waals surface area contributed by atoms with E-state index in [4.69, 9.17) is 0 Å². The van der Waals surface area contributed by atoms with Gasteiger partial charge in [0.25, 0.3) is 0 Å². The average molecular weight is 282 g/mol. The zero-order valence-corrected chi connectivity index (χ0v) is 13.3. The Morgan fingerprint density at radius 1 is 0.667 bits per heavy atom. The van der Waals surface area contributed by atoms with E-state index in [0.29, 0.717) is 17.6 Å². The van der Waals surface area contributed by atoms with Crippen LogP contribution >= 0.6 is 0 Å². The lowest BCUT2D eigenvalue weighted by atomic mass is 9.93. The summed E-state index contributed by atoms with van der Waals surface area (Å²) in [5.41, 5.74) is 4.13. The van der Waals surface area contributed by atoms with Gasteiger partial charge in [0, 0.05) is 0 Å². The van der Waals surface area contributed by atoms with Crippen molar-refractivity contribution in [3.05, 3.63) is 65.2 Å². The Morgan fingerprint density at radius 3 is 1.48 bits per heavy atom. The zero-order chi connectivity index (χ0) is 15.2. The molecule has 21 heavy (non-hydrogen) atoms. The van der Waals surface area contributed by atoms with Crippen LogP contribution in [-0.2, 0) is 19.3 Å². The molecule has 0 bridgehead atoms. The molecule has 2 aromatic rings. The van der Waals surface area contributed by atoms with Gasteiger partial charge in [0.1, 0.15) is 5.75 Å². The van der Waals surface area contributed by atoms with E-state index < -0.39 is 0 Å². The minimum Gasteiger partial charge on any atom is -0.508 e. The Labute approximate surface area is 128 Å². The molecule has 0 spiro atoms. The molecule has 0 heterocycles. The molecule has 0 aliphatic carbocycles. The lowest BCUT2D eigenvalue weighted by molar-refractivity contribution is 0.474. The van der Waals surface area contributed by atoms with Crippen molar-refractivity contribution >= 4 is 0 Å². The van der Waals surface area contributed by atoms with Crippen molar-refractivity contribution in [2.45, 2.75) is 40.0 Å². The maximum Gasteiger partial charge on any atom is 0.115 e. The fourth-order valence-electron chi connectivity index (χ4n) is 2.79. The summed E-state index contributed by atoms with van der Waals surface area (Å²) in [6.07, 6.45) is 3.31. The number of phenolic OH excluding ortho intramolecular Hbond substituents is 1. The summed E-state index contributed by atoms with van der Waals surface area (Å²) in [6.45, 7) is 6.80. The Bertz CT molecular complexity index is 537. The molecule has 112 valence electrons. The van der Waals surface area contributed by atoms with Crippen molar-refractivity contribution in [1.82, 2.24) is 0 Å². The van der Waals surface area contributed by atoms with Crippen LogP contribution in [0.3, 0.4) is 0 Å². The van der Waals surface area contributed by atoms with Crippen LogP contribution in [0.2, 0.25) is 0 Å². The molecule has 0 aliphatic rings. The topological polar surface area (TPSA) is 20.2 Å². The molecule has 0 amide bonds. The van der Waals surface area contributed by atoms with Crippen molar-refractivity contribution in [3.63, 3.8) is 0 Å². The third kappa shape index (κ3) is 5.26. The lowest BCUT2D eigenvalue weighted by Crippen LogP contribution is -2.04. The summed E-state index contributed by atoms with van der Waals surface area (Å²) in [5.74, 6) is 1.65. The van der Waals surface area contributed by atoms with E-state index in [1.165, 1.54) is 16.7 Å². The number of hydrogen-bond acceptors (Lipinski definition) is 1. The quantitative estimate of drug-likeness (QED) is 0.789. The van der Waals surface area contributed by atoms with Gasteiger partial charge in [-0.15, -0.1) is 0 Å². The Balaban J connectivity index is 1.90. The molecular weight excluding hydrogens is 256 g/mol. The molecule has 0 aliphatic heterocycles. The first kappa shape index (κ1) is 15.6. The second-order valence-electron chi connectivity index (χ2n) is 6.59. The van der Waals surface area contributed by atoms with Crippen LogP contribution in [0.4, 0.5) is 0 Å². The first-order chi connectivity index (χ1) is 10.0. The summed E-state index contributed by atoms with van der Waals surface area (Å²) in [7, 11) is 0. The van der Waals surface area contributed by atoms with Crippen LogP contribution in [-0.4, -0.2) is 5.11 Å². The molecule has 0 fully saturated rings. The Kier molecular flexibility index (Phi) is 5.44. The highest BCUT2D eigenvalue weighted by Crippen LogP contribution is 2.18. The molecule has 1 heteroatoms. The molecule has 0 saturated carbocycles. The monoisotopic (exact) mass is 282 g/mol. The van der Waals surface area contributed by atoms with E-state index >= 15 is 0 Å². The van der Waals surface area contributed by atoms with Crippen LogP contribution in [0.25, 0.3) is 0 Å². The number of hydrogen-bond donors (Lipinski definition) is 1. The highest BCUT2D eigenvalue weighted by Gasteiger charge is 2.06. The third-order valence-electron chi connectivity index (χ3n) is 3.77. The van der Waals surface area contributed by atoms with Gasteiger partial charge in [-0.05, 0) is 59.9 Å². The summed E-state index contributed by atoms with van der Waals surface area (Å²) in [4.78, 5) is 0. The van der Waals surface area contributed by atoms with E-state index in [-0.39, 0.29) is 0 Å². The molecule has 1 unspecified atom stereocenters. The summed E-state index contributed by atoms with van der Waals surface area (Å²) < 4.78 is 0. The van der Waals surface area contributed by atoms with E-state index in [1.807, 2.05) is 12.1 Å². The van der Waals surface area contributed by atoms with E-state index in [9.17, 15) is 5.11 Å². The average Bonchev–Trinajstić information content (AvgIpc) is 2.43. The van der Waals surface area contributed by atoms with Gasteiger partial charge in [0.05, 0.1) is 0 Å². The third-order valence-corrected chi connectivity index (χ3v) is 3.77. The molecule has 2 aromatic carbocycles. The van der Waals surface area contributed by atoms with E-state index in [2.05, 4.69) is 45.0 Å². The van der Waals surface area contributed by atoms with Gasteiger partial charge < -0.3 is 5.11 Å². The van der Waals surface area contributed by atoms with E-state index in [0.717, 1.165) is 19.3 Å². The normalized spacial score (nSPS) is 12.6. The molecule has 1 nitrogen and oxygen atoms in total. The summed E-state index contributed by atoms with van der Waals surface area (Å²) >= 11 is 0. The van der Waals surface area contributed by atoms with Crippen molar-refractivity contribution < 1.29 is 5.11 Å². The first-order valence-electron chi connectivity index (χ1n) is 7.88. The van der Waals surface area contributed by atoms with Crippen LogP contribution < -0.4 is 0 Å². The van der Waals surface area contributed by atoms with Crippen molar-refractivity contribution in [2.75, 3.05) is 0 Å². The lowest BCUT2D eigenvalue weighted by Gasteiger charge is -2.12. The summed E-state index contributed by atoms with van der Waals surface area (Å²) in [6, 6.07) is 16.6. The van der Waals surface area contributed by atoms with Gasteiger partial charge in [-0.3, -0.25) is 0 Å². The summed E-state index contributed by atoms with van der Waals surface area (Å²) in [5, 5.41) is 9.31. The Hall–Kier alpha value is -1.76. The molecule has 1 N–H and O–H groups in total. The zero-order valence-electron chi connectivity index (χ0n) is 13.3. The second-order valence-corrected chi connectivity index (χ2v) is 6.59. The number of benzene rings is 2. The van der Waals surface area contributed by atoms with Crippen LogP contribution in [0, 0.1) is 11.8 Å². The van der Waals surface area contributed by atoms with Gasteiger partial charge in [-0.1, -0.05) is 57.2 Å². The predicted octanol–water partition coefficient (Wildman–Crippen LogP) is 5.01. The SMILES string of the molecule is CC(C)Cc1ccc(CC(C)Cc2ccc(O)cc2)cc1. The maximum absolute atomic E-state index is 9.31. The maximum atomic E-state index is 9.31. The highest BCUT2D eigenvalue weighted by atomic mass is 16.3. The minimum atomic E-state index is 0.340. The fourth-order valence-corrected chi connectivity index (χ4v) is 2.79. The van der Waals surface area contributed by atoms with Gasteiger partial charge in [0.15, 0.2) is 0 Å². The number of rotatable bonds is 6. The standard InChI is InChI=1S/C20H26O/c1-15(2)12-17-4-6-18(7-5-17)13-16(3)14-19-8-10-20(21)11-9-19/h4-11,15-16,21H,12-14H2,1-3H3. The van der Waals surface area contributed by atoms with Gasteiger partial charge >= 0.3 is 0 Å². The number of phenols is 1.